The first-order valence-electron chi connectivity index (χ1n) is 17.3. The van der Waals surface area contributed by atoms with E-state index in [2.05, 4.69) is 187 Å². The van der Waals surface area contributed by atoms with Gasteiger partial charge in [0, 0.05) is 34.0 Å². The molecule has 0 saturated carbocycles. The van der Waals surface area contributed by atoms with Crippen molar-refractivity contribution in [1.82, 2.24) is 0 Å². The van der Waals surface area contributed by atoms with Crippen molar-refractivity contribution in [3.63, 3.8) is 0 Å². The van der Waals surface area contributed by atoms with Gasteiger partial charge in [0.15, 0.2) is 0 Å². The fourth-order valence-electron chi connectivity index (χ4n) is 8.12. The molecule has 236 valence electrons. The van der Waals surface area contributed by atoms with Crippen molar-refractivity contribution in [3.8, 4) is 16.9 Å². The third-order valence-corrected chi connectivity index (χ3v) is 10.4. The number of anilines is 3. The molecule has 50 heavy (non-hydrogen) atoms. The molecule has 1 aliphatic carbocycles. The van der Waals surface area contributed by atoms with E-state index in [-0.39, 0.29) is 12.0 Å². The molecule has 0 saturated heterocycles. The summed E-state index contributed by atoms with van der Waals surface area (Å²) in [6.07, 6.45) is 6.63. The summed E-state index contributed by atoms with van der Waals surface area (Å²) < 4.78 is 6.54. The lowest BCUT2D eigenvalue weighted by Gasteiger charge is -2.29. The Morgan fingerprint density at radius 2 is 1.04 bits per heavy atom. The Kier molecular flexibility index (Phi) is 6.67. The number of nitrogens with zero attached hydrogens (tertiary/aromatic N) is 1. The van der Waals surface area contributed by atoms with Gasteiger partial charge in [0.05, 0.1) is 5.69 Å². The molecule has 0 N–H and O–H groups in total. The van der Waals surface area contributed by atoms with Gasteiger partial charge in [-0.3, -0.25) is 0 Å². The normalized spacial score (nSPS) is 16.2. The molecule has 1 heterocycles. The van der Waals surface area contributed by atoms with Crippen LogP contribution in [0.1, 0.15) is 17.0 Å². The van der Waals surface area contributed by atoms with Crippen molar-refractivity contribution in [1.29, 1.82) is 0 Å². The first kappa shape index (κ1) is 28.6. The zero-order valence-corrected chi connectivity index (χ0v) is 27.4. The molecule has 10 rings (SSSR count). The summed E-state index contributed by atoms with van der Waals surface area (Å²) in [5.41, 5.74) is 9.41. The van der Waals surface area contributed by atoms with Gasteiger partial charge in [-0.05, 0) is 79.8 Å². The zero-order valence-electron chi connectivity index (χ0n) is 27.4. The Morgan fingerprint density at radius 1 is 0.460 bits per heavy atom. The number of para-hydroxylation sites is 2. The minimum Gasteiger partial charge on any atom is -0.484 e. The summed E-state index contributed by atoms with van der Waals surface area (Å²) in [5, 5.41) is 7.62. The lowest BCUT2D eigenvalue weighted by molar-refractivity contribution is 0.258. The maximum Gasteiger partial charge on any atom is 0.135 e. The van der Waals surface area contributed by atoms with E-state index in [4.69, 9.17) is 4.74 Å². The van der Waals surface area contributed by atoms with Crippen molar-refractivity contribution in [2.24, 2.45) is 0 Å². The van der Waals surface area contributed by atoms with E-state index in [1.165, 1.54) is 60.1 Å². The molecular formula is C48H33NO. The highest BCUT2D eigenvalue weighted by Gasteiger charge is 2.35. The number of benzene rings is 8. The second kappa shape index (κ2) is 11.6. The highest BCUT2D eigenvalue weighted by atomic mass is 16.5. The molecule has 0 radical (unpaired) electrons. The van der Waals surface area contributed by atoms with Gasteiger partial charge in [0.2, 0.25) is 0 Å². The predicted molar refractivity (Wildman–Crippen MR) is 210 cm³/mol. The molecule has 0 bridgehead atoms. The summed E-state index contributed by atoms with van der Waals surface area (Å²) in [5.74, 6) is 1.09. The SMILES string of the molecule is C1=CC(c2ccc(N(c3ccc4c5ccccc5c5ccccc5c4c3)c3ccccc3-c3ccccc3)cc2)C2Oc3ccccc3C2=C1. The molecule has 0 fully saturated rings. The average molecular weight is 640 g/mol. The van der Waals surface area contributed by atoms with Crippen LogP contribution >= 0.6 is 0 Å². The van der Waals surface area contributed by atoms with E-state index in [1.807, 2.05) is 6.07 Å². The number of ether oxygens (including phenoxy) is 1. The summed E-state index contributed by atoms with van der Waals surface area (Å²) in [7, 11) is 0. The van der Waals surface area contributed by atoms with Gasteiger partial charge in [-0.2, -0.15) is 0 Å². The number of rotatable bonds is 5. The van der Waals surface area contributed by atoms with Crippen LogP contribution in [0.3, 0.4) is 0 Å². The fourth-order valence-corrected chi connectivity index (χ4v) is 8.12. The van der Waals surface area contributed by atoms with E-state index in [1.54, 1.807) is 0 Å². The molecule has 2 heteroatoms. The molecule has 0 aromatic heterocycles. The summed E-state index contributed by atoms with van der Waals surface area (Å²) in [4.78, 5) is 2.42. The van der Waals surface area contributed by atoms with Crippen LogP contribution in [0, 0.1) is 0 Å². The smallest absolute Gasteiger partial charge is 0.135 e. The maximum absolute atomic E-state index is 6.54. The predicted octanol–water partition coefficient (Wildman–Crippen LogP) is 12.8. The molecule has 0 spiro atoms. The summed E-state index contributed by atoms with van der Waals surface area (Å²) in [6, 6.07) is 61.5. The van der Waals surface area contributed by atoms with Gasteiger partial charge in [-0.25, -0.2) is 0 Å². The Balaban J connectivity index is 1.14. The summed E-state index contributed by atoms with van der Waals surface area (Å²) >= 11 is 0. The van der Waals surface area contributed by atoms with Crippen molar-refractivity contribution >= 4 is 55.0 Å². The Morgan fingerprint density at radius 3 is 1.78 bits per heavy atom. The molecule has 2 unspecified atom stereocenters. The number of hydrogen-bond acceptors (Lipinski definition) is 2. The van der Waals surface area contributed by atoms with Crippen LogP contribution in [0.15, 0.2) is 188 Å². The monoisotopic (exact) mass is 639 g/mol. The topological polar surface area (TPSA) is 12.5 Å². The Bertz CT molecular complexity index is 2600. The quantitative estimate of drug-likeness (QED) is 0.174. The lowest BCUT2D eigenvalue weighted by Crippen LogP contribution is -2.23. The number of hydrogen-bond donors (Lipinski definition) is 0. The van der Waals surface area contributed by atoms with Crippen LogP contribution in [0.5, 0.6) is 5.75 Å². The fraction of sp³-hybridized carbons (Fsp3) is 0.0417. The zero-order chi connectivity index (χ0) is 33.0. The van der Waals surface area contributed by atoms with Crippen LogP contribution < -0.4 is 9.64 Å². The van der Waals surface area contributed by atoms with Crippen LogP contribution in [0.2, 0.25) is 0 Å². The minimum absolute atomic E-state index is 0.0262. The molecular weight excluding hydrogens is 607 g/mol. The Hall–Kier alpha value is -6.38. The average Bonchev–Trinajstić information content (AvgIpc) is 3.58. The highest BCUT2D eigenvalue weighted by Crippen LogP contribution is 2.47. The molecule has 0 amide bonds. The minimum atomic E-state index is -0.0262. The van der Waals surface area contributed by atoms with E-state index >= 15 is 0 Å². The van der Waals surface area contributed by atoms with Crippen LogP contribution in [-0.4, -0.2) is 6.10 Å². The van der Waals surface area contributed by atoms with E-state index < -0.39 is 0 Å². The third kappa shape index (κ3) is 4.57. The Labute approximate surface area is 291 Å². The van der Waals surface area contributed by atoms with Crippen LogP contribution in [-0.2, 0) is 0 Å². The third-order valence-electron chi connectivity index (χ3n) is 10.4. The van der Waals surface area contributed by atoms with Gasteiger partial charge in [0.1, 0.15) is 11.9 Å². The van der Waals surface area contributed by atoms with Gasteiger partial charge in [-0.1, -0.05) is 152 Å². The van der Waals surface area contributed by atoms with Crippen molar-refractivity contribution < 1.29 is 4.74 Å². The first-order chi connectivity index (χ1) is 24.8. The molecule has 2 aliphatic rings. The van der Waals surface area contributed by atoms with E-state index in [0.717, 1.165) is 22.8 Å². The van der Waals surface area contributed by atoms with E-state index in [0.29, 0.717) is 0 Å². The highest BCUT2D eigenvalue weighted by molar-refractivity contribution is 6.25. The number of fused-ring (bicyclic) bond motifs is 9. The first-order valence-corrected chi connectivity index (χ1v) is 17.3. The molecule has 2 nitrogen and oxygen atoms in total. The molecule has 1 aliphatic heterocycles. The van der Waals surface area contributed by atoms with Crippen LogP contribution in [0.4, 0.5) is 17.1 Å². The van der Waals surface area contributed by atoms with Crippen molar-refractivity contribution in [2.45, 2.75) is 12.0 Å². The van der Waals surface area contributed by atoms with Crippen molar-refractivity contribution in [2.75, 3.05) is 4.90 Å². The van der Waals surface area contributed by atoms with Gasteiger partial charge in [-0.15, -0.1) is 0 Å². The van der Waals surface area contributed by atoms with Gasteiger partial charge < -0.3 is 9.64 Å². The molecule has 2 atom stereocenters. The van der Waals surface area contributed by atoms with Gasteiger partial charge in [0.25, 0.3) is 0 Å². The maximum atomic E-state index is 6.54. The van der Waals surface area contributed by atoms with Crippen LogP contribution in [0.25, 0.3) is 49.0 Å². The lowest BCUT2D eigenvalue weighted by atomic mass is 9.84. The van der Waals surface area contributed by atoms with Gasteiger partial charge >= 0.3 is 0 Å². The largest absolute Gasteiger partial charge is 0.484 e. The van der Waals surface area contributed by atoms with E-state index in [9.17, 15) is 0 Å². The second-order valence-corrected chi connectivity index (χ2v) is 13.2. The standard InChI is InChI=1S/C48H33NO/c1-2-13-32(14-3-1)36-15-8-10-23-46(36)49(35-29-30-42-40-18-5-4-16-38(40)39-17-6-7-19-41(39)45(42)31-35)34-27-25-33(26-28-34)37-21-12-22-44-43-20-9-11-24-47(43)50-48(37)44/h1-31,37,48H. The molecule has 8 aromatic rings. The van der Waals surface area contributed by atoms with Crippen molar-refractivity contribution in [3.05, 3.63) is 199 Å². The summed E-state index contributed by atoms with van der Waals surface area (Å²) in [6.45, 7) is 0. The number of allylic oxidation sites excluding steroid dienone is 2. The molecule has 8 aromatic carbocycles. The second-order valence-electron chi connectivity index (χ2n) is 13.2.